The van der Waals surface area contributed by atoms with E-state index >= 15 is 0 Å². The molecule has 5 heteroatoms. The number of carbonyl (C=O) groups excluding carboxylic acids is 2. The van der Waals surface area contributed by atoms with E-state index in [1.54, 1.807) is 0 Å². The van der Waals surface area contributed by atoms with Crippen LogP contribution in [0.5, 0.6) is 0 Å². The van der Waals surface area contributed by atoms with E-state index in [1.165, 1.54) is 12.8 Å². The molecule has 1 N–H and O–H groups in total. The van der Waals surface area contributed by atoms with E-state index in [4.69, 9.17) is 0 Å². The lowest BCUT2D eigenvalue weighted by Crippen LogP contribution is -2.43. The Hall–Kier alpha value is -1.88. The summed E-state index contributed by atoms with van der Waals surface area (Å²) >= 11 is 0. The van der Waals surface area contributed by atoms with Gasteiger partial charge in [0.25, 0.3) is 0 Å². The molecule has 0 aromatic heterocycles. The van der Waals surface area contributed by atoms with E-state index in [2.05, 4.69) is 24.1 Å². The summed E-state index contributed by atoms with van der Waals surface area (Å²) in [6, 6.07) is 7.79. The third-order valence-electron chi connectivity index (χ3n) is 5.44. The minimum atomic E-state index is 0.0434. The van der Waals surface area contributed by atoms with Gasteiger partial charge in [0.15, 0.2) is 0 Å². The van der Waals surface area contributed by atoms with E-state index in [1.807, 2.05) is 29.2 Å². The van der Waals surface area contributed by atoms with Crippen molar-refractivity contribution in [1.29, 1.82) is 0 Å². The van der Waals surface area contributed by atoms with Gasteiger partial charge in [-0.3, -0.25) is 14.5 Å². The standard InChI is InChI=1S/C20H29N3O2/c1-20(2)9-5-11-22(20)13-10-21-18(24)15-16-6-3-7-17(14-16)23-12-4-8-19(23)25/h3,6-7,14H,4-5,8-13,15H2,1-2H3,(H,21,24). The van der Waals surface area contributed by atoms with Crippen molar-refractivity contribution in [2.24, 2.45) is 0 Å². The largest absolute Gasteiger partial charge is 0.355 e. The highest BCUT2D eigenvalue weighted by atomic mass is 16.2. The Balaban J connectivity index is 1.49. The van der Waals surface area contributed by atoms with Gasteiger partial charge in [-0.15, -0.1) is 0 Å². The third-order valence-corrected chi connectivity index (χ3v) is 5.44. The first kappa shape index (κ1) is 17.9. The van der Waals surface area contributed by atoms with E-state index < -0.39 is 0 Å². The highest BCUT2D eigenvalue weighted by Gasteiger charge is 2.31. The smallest absolute Gasteiger partial charge is 0.227 e. The second kappa shape index (κ2) is 7.56. The van der Waals surface area contributed by atoms with Crippen molar-refractivity contribution in [2.45, 2.75) is 51.5 Å². The maximum absolute atomic E-state index is 12.2. The highest BCUT2D eigenvalue weighted by molar-refractivity contribution is 5.95. The van der Waals surface area contributed by atoms with Gasteiger partial charge in [0, 0.05) is 37.3 Å². The fourth-order valence-electron chi connectivity index (χ4n) is 3.91. The second-order valence-electron chi connectivity index (χ2n) is 7.75. The molecule has 0 unspecified atom stereocenters. The molecule has 0 atom stereocenters. The first-order chi connectivity index (χ1) is 12.0. The molecule has 0 aliphatic carbocycles. The fraction of sp³-hybridized carbons (Fsp3) is 0.600. The minimum Gasteiger partial charge on any atom is -0.355 e. The minimum absolute atomic E-state index is 0.0434. The number of anilines is 1. The maximum Gasteiger partial charge on any atom is 0.227 e. The molecule has 3 rings (SSSR count). The van der Waals surface area contributed by atoms with E-state index in [9.17, 15) is 9.59 Å². The number of benzene rings is 1. The van der Waals surface area contributed by atoms with Crippen molar-refractivity contribution >= 4 is 17.5 Å². The molecule has 0 saturated carbocycles. The zero-order valence-electron chi connectivity index (χ0n) is 15.4. The first-order valence-corrected chi connectivity index (χ1v) is 9.37. The number of nitrogens with one attached hydrogen (secondary N) is 1. The van der Waals surface area contributed by atoms with Crippen molar-refractivity contribution in [3.05, 3.63) is 29.8 Å². The number of carbonyl (C=O) groups is 2. The summed E-state index contributed by atoms with van der Waals surface area (Å²) in [7, 11) is 0. The molecule has 1 aromatic rings. The summed E-state index contributed by atoms with van der Waals surface area (Å²) in [4.78, 5) is 28.4. The molecule has 25 heavy (non-hydrogen) atoms. The number of nitrogens with zero attached hydrogens (tertiary/aromatic N) is 2. The molecule has 2 aliphatic rings. The molecule has 2 fully saturated rings. The molecule has 136 valence electrons. The molecule has 0 radical (unpaired) electrons. The van der Waals surface area contributed by atoms with Gasteiger partial charge in [0.1, 0.15) is 0 Å². The van der Waals surface area contributed by atoms with Crippen LogP contribution in [0.3, 0.4) is 0 Å². The molecule has 2 heterocycles. The quantitative estimate of drug-likeness (QED) is 0.863. The number of likely N-dealkylation sites (tertiary alicyclic amines) is 1. The van der Waals surface area contributed by atoms with Crippen LogP contribution in [0.4, 0.5) is 5.69 Å². The Labute approximate surface area is 150 Å². The Kier molecular flexibility index (Phi) is 5.42. The van der Waals surface area contributed by atoms with Gasteiger partial charge >= 0.3 is 0 Å². The predicted molar refractivity (Wildman–Crippen MR) is 99.6 cm³/mol. The lowest BCUT2D eigenvalue weighted by atomic mass is 10.0. The van der Waals surface area contributed by atoms with E-state index in [-0.39, 0.29) is 17.4 Å². The number of hydrogen-bond donors (Lipinski definition) is 1. The van der Waals surface area contributed by atoms with Crippen molar-refractivity contribution in [1.82, 2.24) is 10.2 Å². The van der Waals surface area contributed by atoms with Crippen LogP contribution in [0, 0.1) is 0 Å². The molecule has 0 bridgehead atoms. The van der Waals surface area contributed by atoms with Crippen LogP contribution in [-0.4, -0.2) is 48.4 Å². The van der Waals surface area contributed by atoms with Crippen LogP contribution >= 0.6 is 0 Å². The third kappa shape index (κ3) is 4.40. The van der Waals surface area contributed by atoms with Crippen LogP contribution in [-0.2, 0) is 16.0 Å². The summed E-state index contributed by atoms with van der Waals surface area (Å²) in [5, 5.41) is 3.03. The van der Waals surface area contributed by atoms with Gasteiger partial charge < -0.3 is 10.2 Å². The Morgan fingerprint density at radius 1 is 1.24 bits per heavy atom. The van der Waals surface area contributed by atoms with Gasteiger partial charge in [0.05, 0.1) is 6.42 Å². The highest BCUT2D eigenvalue weighted by Crippen LogP contribution is 2.27. The Morgan fingerprint density at radius 3 is 2.76 bits per heavy atom. The lowest BCUT2D eigenvalue weighted by molar-refractivity contribution is -0.120. The summed E-state index contributed by atoms with van der Waals surface area (Å²) in [6.45, 7) is 8.03. The van der Waals surface area contributed by atoms with Gasteiger partial charge in [-0.2, -0.15) is 0 Å². The average Bonchev–Trinajstić information content (AvgIpc) is 3.13. The van der Waals surface area contributed by atoms with Crippen LogP contribution in [0.25, 0.3) is 0 Å². The van der Waals surface area contributed by atoms with Crippen LogP contribution in [0.2, 0.25) is 0 Å². The van der Waals surface area contributed by atoms with Crippen molar-refractivity contribution < 1.29 is 9.59 Å². The zero-order chi connectivity index (χ0) is 17.9. The SMILES string of the molecule is CC1(C)CCCN1CCNC(=O)Cc1cccc(N2CCCC2=O)c1. The Bertz CT molecular complexity index is 642. The van der Waals surface area contributed by atoms with Gasteiger partial charge in [-0.05, 0) is 57.4 Å². The zero-order valence-corrected chi connectivity index (χ0v) is 15.4. The molecule has 2 saturated heterocycles. The Morgan fingerprint density at radius 2 is 2.08 bits per heavy atom. The monoisotopic (exact) mass is 343 g/mol. The maximum atomic E-state index is 12.2. The van der Waals surface area contributed by atoms with Crippen molar-refractivity contribution in [3.63, 3.8) is 0 Å². The molecule has 2 amide bonds. The van der Waals surface area contributed by atoms with Crippen molar-refractivity contribution in [3.8, 4) is 0 Å². The molecule has 5 nitrogen and oxygen atoms in total. The summed E-state index contributed by atoms with van der Waals surface area (Å²) in [5.74, 6) is 0.219. The van der Waals surface area contributed by atoms with Gasteiger partial charge in [-0.1, -0.05) is 12.1 Å². The molecule has 1 aromatic carbocycles. The van der Waals surface area contributed by atoms with Gasteiger partial charge in [-0.25, -0.2) is 0 Å². The fourth-order valence-corrected chi connectivity index (χ4v) is 3.91. The molecular formula is C20H29N3O2. The van der Waals surface area contributed by atoms with Crippen LogP contribution in [0.1, 0.15) is 45.1 Å². The molecule has 2 aliphatic heterocycles. The number of rotatable bonds is 6. The average molecular weight is 343 g/mol. The lowest BCUT2D eigenvalue weighted by Gasteiger charge is -2.31. The van der Waals surface area contributed by atoms with Crippen molar-refractivity contribution in [2.75, 3.05) is 31.1 Å². The van der Waals surface area contributed by atoms with E-state index in [0.29, 0.717) is 19.4 Å². The summed E-state index contributed by atoms with van der Waals surface area (Å²) in [5.41, 5.74) is 2.12. The summed E-state index contributed by atoms with van der Waals surface area (Å²) < 4.78 is 0. The topological polar surface area (TPSA) is 52.7 Å². The number of amides is 2. The normalized spacial score (nSPS) is 20.2. The predicted octanol–water partition coefficient (Wildman–Crippen LogP) is 2.35. The van der Waals surface area contributed by atoms with Gasteiger partial charge in [0.2, 0.25) is 11.8 Å². The molecular weight excluding hydrogens is 314 g/mol. The summed E-state index contributed by atoms with van der Waals surface area (Å²) in [6.07, 6.45) is 4.36. The van der Waals surface area contributed by atoms with Crippen LogP contribution in [0.15, 0.2) is 24.3 Å². The first-order valence-electron chi connectivity index (χ1n) is 9.37. The molecule has 0 spiro atoms. The second-order valence-corrected chi connectivity index (χ2v) is 7.75. The van der Waals surface area contributed by atoms with Crippen LogP contribution < -0.4 is 10.2 Å². The van der Waals surface area contributed by atoms with E-state index in [0.717, 1.165) is 37.3 Å². The number of hydrogen-bond acceptors (Lipinski definition) is 3.